The third-order valence-electron chi connectivity index (χ3n) is 3.29. The molecular formula is C15H20BrO. The second-order valence-electron chi connectivity index (χ2n) is 5.05. The molecule has 1 nitrogen and oxygen atoms in total. The van der Waals surface area contributed by atoms with E-state index in [-0.39, 0.29) is 0 Å². The van der Waals surface area contributed by atoms with Crippen LogP contribution in [0.15, 0.2) is 22.7 Å². The van der Waals surface area contributed by atoms with Crippen molar-refractivity contribution in [2.45, 2.75) is 45.6 Å². The first kappa shape index (κ1) is 13.1. The molecule has 2 heteroatoms. The van der Waals surface area contributed by atoms with E-state index in [9.17, 15) is 0 Å². The molecule has 0 spiro atoms. The summed E-state index contributed by atoms with van der Waals surface area (Å²) < 4.78 is 7.08. The Balaban J connectivity index is 2.02. The van der Waals surface area contributed by atoms with E-state index in [0.29, 0.717) is 6.10 Å². The minimum absolute atomic E-state index is 0.311. The van der Waals surface area contributed by atoms with E-state index in [1.165, 1.54) is 34.4 Å². The van der Waals surface area contributed by atoms with Gasteiger partial charge in [0.2, 0.25) is 0 Å². The van der Waals surface area contributed by atoms with Gasteiger partial charge in [-0.15, -0.1) is 0 Å². The number of fused-ring (bicyclic) bond motifs is 1. The SMILES string of the molecule is C[C](C)CCCC1OCCc2cc(Br)ccc21. The van der Waals surface area contributed by atoms with E-state index >= 15 is 0 Å². The normalized spacial score (nSPS) is 19.4. The molecule has 1 heterocycles. The lowest BCUT2D eigenvalue weighted by Crippen LogP contribution is -2.16. The minimum Gasteiger partial charge on any atom is -0.373 e. The molecule has 1 aliphatic heterocycles. The summed E-state index contributed by atoms with van der Waals surface area (Å²) in [6.45, 7) is 5.27. The van der Waals surface area contributed by atoms with E-state index < -0.39 is 0 Å². The van der Waals surface area contributed by atoms with Gasteiger partial charge in [-0.2, -0.15) is 0 Å². The zero-order valence-corrected chi connectivity index (χ0v) is 12.2. The molecule has 93 valence electrons. The number of ether oxygens (including phenoxy) is 1. The largest absolute Gasteiger partial charge is 0.373 e. The minimum atomic E-state index is 0.311. The molecule has 2 rings (SSSR count). The van der Waals surface area contributed by atoms with Crippen LogP contribution in [0.2, 0.25) is 0 Å². The molecule has 0 bridgehead atoms. The molecule has 1 aliphatic rings. The molecule has 0 aliphatic carbocycles. The summed E-state index contributed by atoms with van der Waals surface area (Å²) in [5, 5.41) is 0. The van der Waals surface area contributed by atoms with Gasteiger partial charge in [0.15, 0.2) is 0 Å². The summed E-state index contributed by atoms with van der Waals surface area (Å²) in [6, 6.07) is 6.57. The quantitative estimate of drug-likeness (QED) is 0.772. The Bertz CT molecular complexity index is 373. The Morgan fingerprint density at radius 2 is 2.24 bits per heavy atom. The fourth-order valence-electron chi connectivity index (χ4n) is 2.39. The number of hydrogen-bond acceptors (Lipinski definition) is 1. The summed E-state index contributed by atoms with van der Waals surface area (Å²) >= 11 is 3.54. The van der Waals surface area contributed by atoms with E-state index in [0.717, 1.165) is 19.4 Å². The molecule has 0 fully saturated rings. The highest BCUT2D eigenvalue weighted by molar-refractivity contribution is 9.10. The Labute approximate surface area is 113 Å². The van der Waals surface area contributed by atoms with Gasteiger partial charge in [0.05, 0.1) is 12.7 Å². The van der Waals surface area contributed by atoms with Gasteiger partial charge in [-0.1, -0.05) is 35.8 Å². The molecule has 17 heavy (non-hydrogen) atoms. The topological polar surface area (TPSA) is 9.23 Å². The second kappa shape index (κ2) is 6.01. The maximum absolute atomic E-state index is 5.90. The Kier molecular flexibility index (Phi) is 4.63. The van der Waals surface area contributed by atoms with Gasteiger partial charge in [0, 0.05) is 4.47 Å². The molecular weight excluding hydrogens is 276 g/mol. The summed E-state index contributed by atoms with van der Waals surface area (Å²) in [5.41, 5.74) is 2.85. The maximum Gasteiger partial charge on any atom is 0.0827 e. The average molecular weight is 296 g/mol. The van der Waals surface area contributed by atoms with Gasteiger partial charge in [-0.25, -0.2) is 0 Å². The summed E-state index contributed by atoms with van der Waals surface area (Å²) in [5.74, 6) is 1.51. The number of benzene rings is 1. The fourth-order valence-corrected chi connectivity index (χ4v) is 2.79. The smallest absolute Gasteiger partial charge is 0.0827 e. The lowest BCUT2D eigenvalue weighted by atomic mass is 9.93. The van der Waals surface area contributed by atoms with Crippen LogP contribution in [0.5, 0.6) is 0 Å². The van der Waals surface area contributed by atoms with Crippen molar-refractivity contribution >= 4 is 15.9 Å². The second-order valence-corrected chi connectivity index (χ2v) is 5.97. The maximum atomic E-state index is 5.90. The zero-order valence-electron chi connectivity index (χ0n) is 10.6. The molecule has 0 saturated carbocycles. The predicted octanol–water partition coefficient (Wildman–Crippen LogP) is 4.85. The molecule has 1 radical (unpaired) electrons. The Morgan fingerprint density at radius 1 is 1.41 bits per heavy atom. The van der Waals surface area contributed by atoms with Crippen LogP contribution in [0.3, 0.4) is 0 Å². The van der Waals surface area contributed by atoms with Crippen LogP contribution in [0.4, 0.5) is 0 Å². The van der Waals surface area contributed by atoms with Crippen molar-refractivity contribution in [3.63, 3.8) is 0 Å². The standard InChI is InChI=1S/C15H20BrO/c1-11(2)4-3-5-15-14-7-6-13(16)10-12(14)8-9-17-15/h6-7,10,15H,3-5,8-9H2,1-2H3. The van der Waals surface area contributed by atoms with Crippen LogP contribution in [0, 0.1) is 5.92 Å². The van der Waals surface area contributed by atoms with Gasteiger partial charge in [-0.05, 0) is 54.9 Å². The fraction of sp³-hybridized carbons (Fsp3) is 0.533. The zero-order chi connectivity index (χ0) is 12.3. The molecule has 0 aromatic heterocycles. The van der Waals surface area contributed by atoms with Crippen LogP contribution in [-0.2, 0) is 11.2 Å². The third kappa shape index (κ3) is 3.56. The molecule has 0 amide bonds. The Morgan fingerprint density at radius 3 is 3.00 bits per heavy atom. The van der Waals surface area contributed by atoms with Crippen LogP contribution in [0.25, 0.3) is 0 Å². The van der Waals surface area contributed by atoms with Crippen molar-refractivity contribution in [2.75, 3.05) is 6.61 Å². The van der Waals surface area contributed by atoms with E-state index in [1.807, 2.05) is 0 Å². The Hall–Kier alpha value is -0.340. The van der Waals surface area contributed by atoms with Gasteiger partial charge in [-0.3, -0.25) is 0 Å². The van der Waals surface area contributed by atoms with Crippen molar-refractivity contribution in [2.24, 2.45) is 0 Å². The molecule has 1 unspecified atom stereocenters. The van der Waals surface area contributed by atoms with E-state index in [1.54, 1.807) is 0 Å². The molecule has 0 N–H and O–H groups in total. The molecule has 1 aromatic rings. The van der Waals surface area contributed by atoms with Gasteiger partial charge >= 0.3 is 0 Å². The monoisotopic (exact) mass is 295 g/mol. The highest BCUT2D eigenvalue weighted by atomic mass is 79.9. The van der Waals surface area contributed by atoms with Crippen molar-refractivity contribution in [3.8, 4) is 0 Å². The summed E-state index contributed by atoms with van der Waals surface area (Å²) in [4.78, 5) is 0. The van der Waals surface area contributed by atoms with Gasteiger partial charge in [0.1, 0.15) is 0 Å². The van der Waals surface area contributed by atoms with Crippen molar-refractivity contribution in [1.29, 1.82) is 0 Å². The lowest BCUT2D eigenvalue weighted by molar-refractivity contribution is 0.0351. The average Bonchev–Trinajstić information content (AvgIpc) is 2.28. The summed E-state index contributed by atoms with van der Waals surface area (Å²) in [7, 11) is 0. The lowest BCUT2D eigenvalue weighted by Gasteiger charge is -2.26. The molecule has 1 aromatic carbocycles. The molecule has 0 saturated heterocycles. The summed E-state index contributed by atoms with van der Waals surface area (Å²) in [6.07, 6.45) is 4.93. The first-order valence-electron chi connectivity index (χ1n) is 6.36. The third-order valence-corrected chi connectivity index (χ3v) is 3.78. The van der Waals surface area contributed by atoms with Crippen LogP contribution in [-0.4, -0.2) is 6.61 Å². The van der Waals surface area contributed by atoms with Gasteiger partial charge < -0.3 is 4.74 Å². The first-order chi connectivity index (χ1) is 8.16. The van der Waals surface area contributed by atoms with Crippen LogP contribution in [0.1, 0.15) is 50.3 Å². The highest BCUT2D eigenvalue weighted by Gasteiger charge is 2.20. The van der Waals surface area contributed by atoms with Crippen molar-refractivity contribution < 1.29 is 4.74 Å². The highest BCUT2D eigenvalue weighted by Crippen LogP contribution is 2.33. The van der Waals surface area contributed by atoms with Crippen LogP contribution < -0.4 is 0 Å². The number of hydrogen-bond donors (Lipinski definition) is 0. The first-order valence-corrected chi connectivity index (χ1v) is 7.15. The van der Waals surface area contributed by atoms with Crippen LogP contribution >= 0.6 is 15.9 Å². The van der Waals surface area contributed by atoms with Gasteiger partial charge in [0.25, 0.3) is 0 Å². The number of halogens is 1. The van der Waals surface area contributed by atoms with Crippen molar-refractivity contribution in [1.82, 2.24) is 0 Å². The predicted molar refractivity (Wildman–Crippen MR) is 75.0 cm³/mol. The molecule has 1 atom stereocenters. The van der Waals surface area contributed by atoms with E-state index in [2.05, 4.69) is 48.0 Å². The van der Waals surface area contributed by atoms with E-state index in [4.69, 9.17) is 4.74 Å². The van der Waals surface area contributed by atoms with Crippen molar-refractivity contribution in [3.05, 3.63) is 39.7 Å². The number of rotatable bonds is 4.